The molecule has 0 fully saturated rings. The molecule has 0 aliphatic heterocycles. The maximum Gasteiger partial charge on any atom is 0.0899 e. The van der Waals surface area contributed by atoms with E-state index < -0.39 is 0 Å². The fourth-order valence-electron chi connectivity index (χ4n) is 0.283. The third-order valence-electron chi connectivity index (χ3n) is 0.844. The van der Waals surface area contributed by atoms with Gasteiger partial charge in [-0.25, -0.2) is 0 Å². The molecule has 52 valence electrons. The maximum atomic E-state index is 11.5. The van der Waals surface area contributed by atoms with Crippen molar-refractivity contribution >= 4 is 0 Å². The lowest BCUT2D eigenvalue weighted by Crippen LogP contribution is -2.04. The van der Waals surface area contributed by atoms with Gasteiger partial charge in [0.2, 0.25) is 0 Å². The normalized spacial score (nSPS) is 10.5. The summed E-state index contributed by atoms with van der Waals surface area (Å²) >= 11 is 0. The second-order valence-electron chi connectivity index (χ2n) is 3.00. The first-order valence-corrected chi connectivity index (χ1v) is 2.62. The van der Waals surface area contributed by atoms with Gasteiger partial charge < -0.3 is 0 Å². The summed E-state index contributed by atoms with van der Waals surface area (Å²) in [4.78, 5) is 0. The van der Waals surface area contributed by atoms with E-state index in [0.717, 1.165) is 0 Å². The molecule has 0 spiro atoms. The van der Waals surface area contributed by atoms with Gasteiger partial charge in [0.15, 0.2) is 0 Å². The third-order valence-corrected chi connectivity index (χ3v) is 0.844. The van der Waals surface area contributed by atoms with Crippen molar-refractivity contribution in [3.8, 4) is 0 Å². The lowest BCUT2D eigenvalue weighted by Gasteiger charge is -2.13. The van der Waals surface area contributed by atoms with Gasteiger partial charge >= 0.3 is 0 Å². The monoisotopic (exact) mass is 119 g/mol. The van der Waals surface area contributed by atoms with Crippen LogP contribution >= 0.6 is 0 Å². The molecular formula is C7H17F. The maximum absolute atomic E-state index is 11.5. The van der Waals surface area contributed by atoms with E-state index in [-0.39, 0.29) is 19.5 Å². The molecule has 0 heterocycles. The van der Waals surface area contributed by atoms with Crippen molar-refractivity contribution in [1.82, 2.24) is 0 Å². The van der Waals surface area contributed by atoms with E-state index in [2.05, 4.69) is 0 Å². The summed E-state index contributed by atoms with van der Waals surface area (Å²) in [6.45, 7) is 5.91. The zero-order valence-corrected chi connectivity index (χ0v) is 5.29. The molecule has 0 aromatic heterocycles. The molecule has 0 atom stereocenters. The zero-order chi connectivity index (χ0) is 5.91. The highest BCUT2D eigenvalue weighted by molar-refractivity contribution is 4.58. The highest BCUT2D eigenvalue weighted by Crippen LogP contribution is 2.17. The Balaban J connectivity index is 0. The minimum Gasteiger partial charge on any atom is -0.251 e. The Kier molecular flexibility index (Phi) is 5.25. The fourth-order valence-corrected chi connectivity index (χ4v) is 0.283. The van der Waals surface area contributed by atoms with Crippen molar-refractivity contribution in [2.45, 2.75) is 34.6 Å². The topological polar surface area (TPSA) is 0 Å². The summed E-state index contributed by atoms with van der Waals surface area (Å²) in [5, 5.41) is 0. The van der Waals surface area contributed by atoms with E-state index in [0.29, 0.717) is 6.42 Å². The summed E-state index contributed by atoms with van der Waals surface area (Å²) < 4.78 is 11.5. The second kappa shape index (κ2) is 3.88. The zero-order valence-electron chi connectivity index (χ0n) is 5.29. The van der Waals surface area contributed by atoms with E-state index in [4.69, 9.17) is 0 Å². The van der Waals surface area contributed by atoms with Crippen LogP contribution in [0.4, 0.5) is 4.39 Å². The SMILES string of the molecule is C.CC(C)(C)CC[18F]. The average Bonchev–Trinajstić information content (AvgIpc) is 1.30. The Labute approximate surface area is 52.1 Å². The molecule has 0 saturated carbocycles. The summed E-state index contributed by atoms with van der Waals surface area (Å²) in [7, 11) is 0. The van der Waals surface area contributed by atoms with Crippen molar-refractivity contribution in [2.24, 2.45) is 5.41 Å². The Morgan fingerprint density at radius 2 is 1.62 bits per heavy atom. The molecule has 0 N–H and O–H groups in total. The second-order valence-corrected chi connectivity index (χ2v) is 3.00. The Morgan fingerprint density at radius 3 is 1.62 bits per heavy atom. The van der Waals surface area contributed by atoms with Gasteiger partial charge in [-0.05, 0) is 11.8 Å². The van der Waals surface area contributed by atoms with Crippen molar-refractivity contribution in [2.75, 3.05) is 6.67 Å². The van der Waals surface area contributed by atoms with E-state index in [9.17, 15) is 4.39 Å². The van der Waals surface area contributed by atoms with Gasteiger partial charge in [0.25, 0.3) is 0 Å². The van der Waals surface area contributed by atoms with Crippen LogP contribution in [0.3, 0.4) is 0 Å². The molecular weight excluding hydrogens is 102 g/mol. The first kappa shape index (κ1) is 10.8. The third kappa shape index (κ3) is 9.33. The molecule has 0 rings (SSSR count). The Bertz CT molecular complexity index is 42.8. The highest BCUT2D eigenvalue weighted by Gasteiger charge is 2.07. The van der Waals surface area contributed by atoms with Crippen LogP contribution in [0.15, 0.2) is 0 Å². The van der Waals surface area contributed by atoms with Crippen LogP contribution in [0.5, 0.6) is 0 Å². The lowest BCUT2D eigenvalue weighted by atomic mass is 9.93. The van der Waals surface area contributed by atoms with E-state index in [1.807, 2.05) is 20.8 Å². The average molecular weight is 119 g/mol. The minimum atomic E-state index is -0.191. The summed E-state index contributed by atoms with van der Waals surface area (Å²) in [5.41, 5.74) is 0.175. The smallest absolute Gasteiger partial charge is 0.0899 e. The number of rotatable bonds is 1. The molecule has 0 aromatic carbocycles. The Hall–Kier alpha value is -0.0700. The van der Waals surface area contributed by atoms with Crippen LogP contribution in [0.1, 0.15) is 34.6 Å². The summed E-state index contributed by atoms with van der Waals surface area (Å²) in [5.74, 6) is 0. The van der Waals surface area contributed by atoms with Crippen LogP contribution in [0.2, 0.25) is 0 Å². The van der Waals surface area contributed by atoms with Gasteiger partial charge in [-0.3, -0.25) is 4.39 Å². The molecule has 0 aliphatic carbocycles. The first-order valence-electron chi connectivity index (χ1n) is 2.62. The minimum absolute atomic E-state index is 0. The van der Waals surface area contributed by atoms with E-state index in [1.165, 1.54) is 0 Å². The van der Waals surface area contributed by atoms with Crippen LogP contribution in [-0.4, -0.2) is 6.67 Å². The number of alkyl halides is 1. The first-order chi connectivity index (χ1) is 3.06. The summed E-state index contributed by atoms with van der Waals surface area (Å²) in [6, 6.07) is 0. The Morgan fingerprint density at radius 1 is 1.25 bits per heavy atom. The van der Waals surface area contributed by atoms with Crippen LogP contribution in [0.25, 0.3) is 0 Å². The van der Waals surface area contributed by atoms with Crippen molar-refractivity contribution in [1.29, 1.82) is 0 Å². The molecule has 0 aliphatic rings. The molecule has 0 bridgehead atoms. The van der Waals surface area contributed by atoms with Crippen molar-refractivity contribution < 1.29 is 4.39 Å². The molecule has 0 amide bonds. The molecule has 0 radical (unpaired) electrons. The van der Waals surface area contributed by atoms with Gasteiger partial charge in [0.05, 0.1) is 6.67 Å². The molecule has 1 heteroatoms. The number of halogens is 1. The molecule has 0 unspecified atom stereocenters. The molecule has 0 nitrogen and oxygen atoms in total. The predicted octanol–water partition coefficient (Wildman–Crippen LogP) is 3.03. The molecule has 0 aromatic rings. The van der Waals surface area contributed by atoms with Crippen molar-refractivity contribution in [3.63, 3.8) is 0 Å². The number of hydrogen-bond acceptors (Lipinski definition) is 0. The van der Waals surface area contributed by atoms with Gasteiger partial charge in [0, 0.05) is 0 Å². The standard InChI is InChI=1S/C6H13F.CH4/c1-6(2,3)4-5-7;/h4-5H2,1-3H3;1H4/i7-1;. The van der Waals surface area contributed by atoms with Gasteiger partial charge in [-0.1, -0.05) is 28.2 Å². The van der Waals surface area contributed by atoms with Crippen LogP contribution < -0.4 is 0 Å². The molecule has 0 saturated heterocycles. The lowest BCUT2D eigenvalue weighted by molar-refractivity contribution is 0.316. The largest absolute Gasteiger partial charge is 0.251 e. The number of hydrogen-bond donors (Lipinski definition) is 0. The fraction of sp³-hybridized carbons (Fsp3) is 1.00. The van der Waals surface area contributed by atoms with Gasteiger partial charge in [-0.2, -0.15) is 0 Å². The van der Waals surface area contributed by atoms with E-state index >= 15 is 0 Å². The summed E-state index contributed by atoms with van der Waals surface area (Å²) in [6.07, 6.45) is 0.674. The van der Waals surface area contributed by atoms with Crippen LogP contribution in [-0.2, 0) is 0 Å². The van der Waals surface area contributed by atoms with E-state index in [1.54, 1.807) is 0 Å². The molecule has 8 heavy (non-hydrogen) atoms. The van der Waals surface area contributed by atoms with Gasteiger partial charge in [0.1, 0.15) is 0 Å². The van der Waals surface area contributed by atoms with Crippen molar-refractivity contribution in [3.05, 3.63) is 0 Å². The van der Waals surface area contributed by atoms with Crippen LogP contribution in [0, 0.1) is 5.41 Å². The highest BCUT2D eigenvalue weighted by atomic mass is 18.2. The van der Waals surface area contributed by atoms with Gasteiger partial charge in [-0.15, -0.1) is 0 Å². The predicted molar refractivity (Wildman–Crippen MR) is 36.8 cm³/mol. The quantitative estimate of drug-likeness (QED) is 0.497.